The molecule has 3 N–H and O–H groups in total. The Morgan fingerprint density at radius 2 is 1.92 bits per heavy atom. The van der Waals surface area contributed by atoms with Crippen molar-refractivity contribution in [3.05, 3.63) is 70.3 Å². The van der Waals surface area contributed by atoms with Crippen LogP contribution in [0.25, 0.3) is 10.9 Å². The summed E-state index contributed by atoms with van der Waals surface area (Å²) in [4.78, 5) is 19.9. The number of H-pyrrole nitrogens is 1. The van der Waals surface area contributed by atoms with Crippen molar-refractivity contribution in [2.45, 2.75) is 4.90 Å². The first kappa shape index (κ1) is 15.9. The Hall–Kier alpha value is -2.93. The third-order valence-corrected chi connectivity index (χ3v) is 3.71. The Morgan fingerprint density at radius 1 is 1.17 bits per heavy atom. The van der Waals surface area contributed by atoms with Crippen LogP contribution in [0.3, 0.4) is 0 Å². The van der Waals surface area contributed by atoms with E-state index in [1.807, 2.05) is 0 Å². The van der Waals surface area contributed by atoms with Crippen LogP contribution in [0.2, 0.25) is 0 Å². The van der Waals surface area contributed by atoms with Crippen molar-refractivity contribution in [1.82, 2.24) is 4.98 Å². The maximum atomic E-state index is 13.4. The predicted octanol–water partition coefficient (Wildman–Crippen LogP) is 3.02. The Kier molecular flexibility index (Phi) is 4.43. The van der Waals surface area contributed by atoms with Crippen LogP contribution >= 0.6 is 12.6 Å². The van der Waals surface area contributed by atoms with E-state index < -0.39 is 5.82 Å². The number of nitrogens with zero attached hydrogens (tertiary/aromatic N) is 2. The lowest BCUT2D eigenvalue weighted by molar-refractivity contribution is 0.629. The molecule has 0 unspecified atom stereocenters. The lowest BCUT2D eigenvalue weighted by Gasteiger charge is -2.03. The molecule has 0 bridgehead atoms. The molecule has 1 heterocycles. The molecule has 7 heteroatoms. The van der Waals surface area contributed by atoms with Gasteiger partial charge in [0.2, 0.25) is 0 Å². The number of benzene rings is 2. The first-order valence-corrected chi connectivity index (χ1v) is 7.45. The summed E-state index contributed by atoms with van der Waals surface area (Å²) in [6.07, 6.45) is 1.39. The summed E-state index contributed by atoms with van der Waals surface area (Å²) < 4.78 is 13.4. The molecule has 24 heavy (non-hydrogen) atoms. The highest BCUT2D eigenvalue weighted by molar-refractivity contribution is 7.80. The molecule has 0 spiro atoms. The van der Waals surface area contributed by atoms with E-state index >= 15 is 0 Å². The molecule has 2 aromatic carbocycles. The molecule has 0 aliphatic heterocycles. The molecule has 0 saturated carbocycles. The summed E-state index contributed by atoms with van der Waals surface area (Å²) in [5.74, 6) is 5.00. The van der Waals surface area contributed by atoms with Gasteiger partial charge in [0.1, 0.15) is 11.5 Å². The number of hydrogen-bond acceptors (Lipinski definition) is 5. The lowest BCUT2D eigenvalue weighted by atomic mass is 10.1. The van der Waals surface area contributed by atoms with Gasteiger partial charge < -0.3 is 10.8 Å². The van der Waals surface area contributed by atoms with Crippen LogP contribution in [-0.2, 0) is 0 Å². The second-order valence-electron chi connectivity index (χ2n) is 5.03. The second-order valence-corrected chi connectivity index (χ2v) is 5.55. The fourth-order valence-corrected chi connectivity index (χ4v) is 2.36. The maximum Gasteiger partial charge on any atom is 0.258 e. The molecular formula is C17H13FN4OS. The Bertz CT molecular complexity index is 1010. The maximum absolute atomic E-state index is 13.4. The third kappa shape index (κ3) is 3.36. The quantitative estimate of drug-likeness (QED) is 0.296. The van der Waals surface area contributed by atoms with Gasteiger partial charge in [-0.05, 0) is 48.5 Å². The van der Waals surface area contributed by atoms with Crippen LogP contribution in [-0.4, -0.2) is 16.9 Å². The summed E-state index contributed by atoms with van der Waals surface area (Å²) in [7, 11) is 0. The molecule has 0 fully saturated rings. The number of nitrogens with one attached hydrogen (secondary N) is 1. The van der Waals surface area contributed by atoms with Crippen molar-refractivity contribution in [2.75, 3.05) is 0 Å². The minimum absolute atomic E-state index is 0.192. The van der Waals surface area contributed by atoms with Crippen LogP contribution in [0.15, 0.2) is 68.3 Å². The van der Waals surface area contributed by atoms with Gasteiger partial charge in [-0.2, -0.15) is 5.10 Å². The largest absolute Gasteiger partial charge is 0.323 e. The minimum atomic E-state index is -0.396. The molecule has 5 nitrogen and oxygen atoms in total. The fraction of sp³-hybridized carbons (Fsp3) is 0. The molecule has 0 atom stereocenters. The molecule has 0 saturated heterocycles. The molecule has 0 aliphatic carbocycles. The van der Waals surface area contributed by atoms with Crippen LogP contribution < -0.4 is 11.4 Å². The SMILES string of the molecule is NN=C(C=Nc1ccc(S)cc1)c1cc2cc(F)ccc2[nH]c1=O. The van der Waals surface area contributed by atoms with Gasteiger partial charge in [0, 0.05) is 15.8 Å². The van der Waals surface area contributed by atoms with Crippen LogP contribution in [0.4, 0.5) is 10.1 Å². The first-order valence-electron chi connectivity index (χ1n) is 7.01. The predicted molar refractivity (Wildman–Crippen MR) is 97.1 cm³/mol. The van der Waals surface area contributed by atoms with Crippen molar-refractivity contribution < 1.29 is 4.39 Å². The molecule has 3 aromatic rings. The average molecular weight is 340 g/mol. The van der Waals surface area contributed by atoms with Gasteiger partial charge in [0.15, 0.2) is 0 Å². The number of nitrogens with two attached hydrogens (primary N) is 1. The van der Waals surface area contributed by atoms with Crippen molar-refractivity contribution in [2.24, 2.45) is 15.9 Å². The number of rotatable bonds is 3. The van der Waals surface area contributed by atoms with Crippen LogP contribution in [0.1, 0.15) is 5.56 Å². The van der Waals surface area contributed by atoms with Gasteiger partial charge in [-0.25, -0.2) is 4.39 Å². The molecule has 0 radical (unpaired) electrons. The Labute approximate surface area is 142 Å². The smallest absolute Gasteiger partial charge is 0.258 e. The van der Waals surface area contributed by atoms with Crippen molar-refractivity contribution in [3.63, 3.8) is 0 Å². The van der Waals surface area contributed by atoms with Gasteiger partial charge in [-0.15, -0.1) is 12.6 Å². The lowest BCUT2D eigenvalue weighted by Crippen LogP contribution is -2.20. The molecule has 0 amide bonds. The molecule has 0 aliphatic rings. The van der Waals surface area contributed by atoms with E-state index in [1.54, 1.807) is 24.3 Å². The zero-order chi connectivity index (χ0) is 17.1. The normalized spacial score (nSPS) is 12.2. The topological polar surface area (TPSA) is 83.6 Å². The summed E-state index contributed by atoms with van der Waals surface area (Å²) in [6.45, 7) is 0. The third-order valence-electron chi connectivity index (χ3n) is 3.41. The highest BCUT2D eigenvalue weighted by atomic mass is 32.1. The van der Waals surface area contributed by atoms with Gasteiger partial charge in [0.05, 0.1) is 17.5 Å². The zero-order valence-electron chi connectivity index (χ0n) is 12.4. The van der Waals surface area contributed by atoms with Crippen molar-refractivity contribution in [3.8, 4) is 0 Å². The van der Waals surface area contributed by atoms with Crippen molar-refractivity contribution in [1.29, 1.82) is 0 Å². The second kappa shape index (κ2) is 6.67. The van der Waals surface area contributed by atoms with E-state index in [1.165, 1.54) is 30.5 Å². The summed E-state index contributed by atoms with van der Waals surface area (Å²) in [5.41, 5.74) is 1.22. The number of aromatic amines is 1. The number of hydrazone groups is 1. The van der Waals surface area contributed by atoms with E-state index in [4.69, 9.17) is 5.84 Å². The van der Waals surface area contributed by atoms with E-state index in [9.17, 15) is 9.18 Å². The van der Waals surface area contributed by atoms with E-state index in [0.29, 0.717) is 16.6 Å². The van der Waals surface area contributed by atoms with Gasteiger partial charge in [-0.3, -0.25) is 9.79 Å². The molecule has 1 aromatic heterocycles. The number of fused-ring (bicyclic) bond motifs is 1. The van der Waals surface area contributed by atoms with E-state index in [0.717, 1.165) is 4.90 Å². The summed E-state index contributed by atoms with van der Waals surface area (Å²) >= 11 is 4.20. The minimum Gasteiger partial charge on any atom is -0.323 e. The van der Waals surface area contributed by atoms with Crippen LogP contribution in [0.5, 0.6) is 0 Å². The molecule has 3 rings (SSSR count). The number of halogens is 1. The summed E-state index contributed by atoms with van der Waals surface area (Å²) in [5, 5.41) is 4.16. The van der Waals surface area contributed by atoms with Gasteiger partial charge in [-0.1, -0.05) is 0 Å². The number of aromatic nitrogens is 1. The Morgan fingerprint density at radius 3 is 2.62 bits per heavy atom. The zero-order valence-corrected chi connectivity index (χ0v) is 13.3. The Balaban J connectivity index is 2.01. The van der Waals surface area contributed by atoms with Crippen LogP contribution in [0, 0.1) is 5.82 Å². The highest BCUT2D eigenvalue weighted by Crippen LogP contribution is 2.16. The van der Waals surface area contributed by atoms with E-state index in [-0.39, 0.29) is 16.8 Å². The summed E-state index contributed by atoms with van der Waals surface area (Å²) in [6, 6.07) is 12.8. The molecular weight excluding hydrogens is 327 g/mol. The van der Waals surface area contributed by atoms with Gasteiger partial charge in [0.25, 0.3) is 5.56 Å². The number of thiol groups is 1. The van der Waals surface area contributed by atoms with E-state index in [2.05, 4.69) is 27.7 Å². The fourth-order valence-electron chi connectivity index (χ4n) is 2.21. The highest BCUT2D eigenvalue weighted by Gasteiger charge is 2.09. The number of aliphatic imine (C=N–C) groups is 1. The standard InChI is InChI=1S/C17H13FN4OS/c18-11-1-6-15-10(7-11)8-14(17(23)21-15)16(22-19)9-20-12-2-4-13(24)5-3-12/h1-9,24H,19H2,(H,21,23). The first-order chi connectivity index (χ1) is 11.6. The number of hydrogen-bond donors (Lipinski definition) is 3. The monoisotopic (exact) mass is 340 g/mol. The van der Waals surface area contributed by atoms with Crippen molar-refractivity contribution >= 4 is 41.1 Å². The van der Waals surface area contributed by atoms with Gasteiger partial charge >= 0.3 is 0 Å². The number of pyridine rings is 1. The average Bonchev–Trinajstić information content (AvgIpc) is 2.57. The molecule has 120 valence electrons.